The van der Waals surface area contributed by atoms with Crippen molar-refractivity contribution in [3.05, 3.63) is 93.2 Å². The molecule has 1 fully saturated rings. The van der Waals surface area contributed by atoms with Crippen LogP contribution >= 0.6 is 11.8 Å². The van der Waals surface area contributed by atoms with Crippen molar-refractivity contribution in [2.45, 2.75) is 42.6 Å². The second kappa shape index (κ2) is 10.5. The van der Waals surface area contributed by atoms with Gasteiger partial charge in [-0.15, -0.1) is 11.8 Å². The van der Waals surface area contributed by atoms with Crippen LogP contribution in [0.5, 0.6) is 5.75 Å². The SMILES string of the molecule is COC(=O)OCOc1c2n(ccc1=O)N([C@@H]1c3ccccc3SCc3cccc(F)c31)[C@@H]1C[C@H](C)CCN1C2=O. The molecule has 4 heterocycles. The first kappa shape index (κ1) is 26.2. The van der Waals surface area contributed by atoms with Crippen LogP contribution in [-0.2, 0) is 15.2 Å². The summed E-state index contributed by atoms with van der Waals surface area (Å²) in [6, 6.07) is 13.7. The Hall–Kier alpha value is -3.99. The number of aromatic nitrogens is 1. The maximum Gasteiger partial charge on any atom is 0.510 e. The second-order valence-electron chi connectivity index (χ2n) is 10.1. The monoisotopic (exact) mass is 565 g/mol. The minimum absolute atomic E-state index is 0.000890. The molecule has 0 bridgehead atoms. The number of thioether (sulfide) groups is 1. The van der Waals surface area contributed by atoms with Crippen molar-refractivity contribution < 1.29 is 28.2 Å². The Morgan fingerprint density at radius 1 is 1.12 bits per heavy atom. The highest BCUT2D eigenvalue weighted by molar-refractivity contribution is 7.98. The van der Waals surface area contributed by atoms with E-state index in [4.69, 9.17) is 9.47 Å². The molecule has 0 spiro atoms. The molecule has 40 heavy (non-hydrogen) atoms. The summed E-state index contributed by atoms with van der Waals surface area (Å²) in [6.07, 6.45) is 1.61. The number of ether oxygens (including phenoxy) is 3. The molecule has 0 saturated carbocycles. The van der Waals surface area contributed by atoms with Crippen molar-refractivity contribution in [1.29, 1.82) is 0 Å². The average molecular weight is 566 g/mol. The van der Waals surface area contributed by atoms with Crippen LogP contribution in [0.1, 0.15) is 53.0 Å². The molecule has 3 aliphatic rings. The third kappa shape index (κ3) is 4.38. The van der Waals surface area contributed by atoms with Crippen LogP contribution in [0.25, 0.3) is 0 Å². The molecule has 208 valence electrons. The fraction of sp³-hybridized carbons (Fsp3) is 0.345. The lowest BCUT2D eigenvalue weighted by molar-refractivity contribution is 0.0122. The predicted molar refractivity (Wildman–Crippen MR) is 145 cm³/mol. The molecular formula is C29H28FN3O6S. The van der Waals surface area contributed by atoms with E-state index >= 15 is 4.39 Å². The van der Waals surface area contributed by atoms with Crippen molar-refractivity contribution in [2.24, 2.45) is 5.92 Å². The molecule has 11 heteroatoms. The number of methoxy groups -OCH3 is 1. The first-order valence-electron chi connectivity index (χ1n) is 13.1. The predicted octanol–water partition coefficient (Wildman–Crippen LogP) is 4.65. The van der Waals surface area contributed by atoms with Crippen molar-refractivity contribution in [2.75, 3.05) is 25.5 Å². The number of hydrogen-bond acceptors (Lipinski definition) is 8. The number of piperidine rings is 1. The highest BCUT2D eigenvalue weighted by atomic mass is 32.2. The lowest BCUT2D eigenvalue weighted by atomic mass is 9.90. The zero-order chi connectivity index (χ0) is 28.0. The van der Waals surface area contributed by atoms with Gasteiger partial charge in [0.2, 0.25) is 18.0 Å². The van der Waals surface area contributed by atoms with E-state index in [1.165, 1.54) is 12.1 Å². The van der Waals surface area contributed by atoms with Gasteiger partial charge >= 0.3 is 6.16 Å². The van der Waals surface area contributed by atoms with E-state index in [0.29, 0.717) is 30.2 Å². The molecule has 3 aliphatic heterocycles. The molecule has 3 aromatic rings. The van der Waals surface area contributed by atoms with Crippen LogP contribution in [-0.4, -0.2) is 48.3 Å². The largest absolute Gasteiger partial charge is 0.510 e. The minimum atomic E-state index is -0.984. The standard InChI is InChI=1S/C29H28FN3O6S/c1-17-10-12-31-23(14-17)33(32-13-11-21(34)27(26(32)28(31)35)38-16-39-29(36)37-2)25-19-7-3-4-9-22(19)40-15-18-6-5-8-20(30)24(18)25/h3-9,11,13,17,23,25H,10,12,14-16H2,1-2H3/t17-,23-,25-/m1/s1. The highest BCUT2D eigenvalue weighted by Crippen LogP contribution is 2.46. The number of amides is 1. The normalized spacial score (nSPS) is 21.4. The van der Waals surface area contributed by atoms with E-state index in [1.807, 2.05) is 35.3 Å². The molecule has 9 nitrogen and oxygen atoms in total. The number of rotatable bonds is 4. The van der Waals surface area contributed by atoms with Gasteiger partial charge in [-0.25, -0.2) is 9.18 Å². The van der Waals surface area contributed by atoms with Crippen molar-refractivity contribution in [1.82, 2.24) is 9.58 Å². The van der Waals surface area contributed by atoms with Crippen LogP contribution in [0.4, 0.5) is 9.18 Å². The Bertz CT molecular complexity index is 1540. The molecule has 2 aromatic carbocycles. The summed E-state index contributed by atoms with van der Waals surface area (Å²) in [6.45, 7) is 1.99. The van der Waals surface area contributed by atoms with Gasteiger partial charge in [0, 0.05) is 35.0 Å². The summed E-state index contributed by atoms with van der Waals surface area (Å²) in [7, 11) is 1.15. The van der Waals surface area contributed by atoms with Gasteiger partial charge in [-0.2, -0.15) is 0 Å². The van der Waals surface area contributed by atoms with Crippen molar-refractivity contribution in [3.63, 3.8) is 0 Å². The molecule has 6 rings (SSSR count). The number of benzene rings is 2. The topological polar surface area (TPSA) is 90.3 Å². The molecule has 0 radical (unpaired) electrons. The van der Waals surface area contributed by atoms with Crippen molar-refractivity contribution in [3.8, 4) is 5.75 Å². The Kier molecular flexibility index (Phi) is 6.91. The minimum Gasteiger partial charge on any atom is -0.451 e. The van der Waals surface area contributed by atoms with E-state index < -0.39 is 30.6 Å². The Labute approximate surface area is 234 Å². The maximum atomic E-state index is 15.9. The number of carbonyl (C=O) groups is 2. The first-order valence-corrected chi connectivity index (χ1v) is 14.1. The molecule has 1 saturated heterocycles. The van der Waals surface area contributed by atoms with Gasteiger partial charge in [0.25, 0.3) is 5.91 Å². The van der Waals surface area contributed by atoms with Gasteiger partial charge < -0.3 is 19.1 Å². The fourth-order valence-electron chi connectivity index (χ4n) is 5.85. The number of halogens is 1. The summed E-state index contributed by atoms with van der Waals surface area (Å²) in [4.78, 5) is 41.2. The van der Waals surface area contributed by atoms with Gasteiger partial charge in [-0.3, -0.25) is 19.3 Å². The molecule has 0 unspecified atom stereocenters. The van der Waals surface area contributed by atoms with E-state index in [2.05, 4.69) is 11.7 Å². The number of pyridine rings is 1. The van der Waals surface area contributed by atoms with Crippen molar-refractivity contribution >= 4 is 23.8 Å². The van der Waals surface area contributed by atoms with Gasteiger partial charge in [0.15, 0.2) is 5.69 Å². The molecule has 0 aliphatic carbocycles. The van der Waals surface area contributed by atoms with Gasteiger partial charge in [0.05, 0.1) is 7.11 Å². The Balaban J connectivity index is 1.58. The summed E-state index contributed by atoms with van der Waals surface area (Å²) < 4.78 is 32.4. The highest BCUT2D eigenvalue weighted by Gasteiger charge is 2.47. The van der Waals surface area contributed by atoms with E-state index in [9.17, 15) is 14.4 Å². The number of carbonyl (C=O) groups excluding carboxylic acids is 2. The molecule has 3 atom stereocenters. The van der Waals surface area contributed by atoms with Crippen LogP contribution in [0, 0.1) is 11.7 Å². The average Bonchev–Trinajstić information content (AvgIpc) is 3.12. The van der Waals surface area contributed by atoms with Crippen LogP contribution in [0.2, 0.25) is 0 Å². The summed E-state index contributed by atoms with van der Waals surface area (Å²) >= 11 is 1.64. The lowest BCUT2D eigenvalue weighted by Crippen LogP contribution is -2.64. The maximum absolute atomic E-state index is 15.9. The molecular weight excluding hydrogens is 537 g/mol. The zero-order valence-corrected chi connectivity index (χ0v) is 22.9. The third-order valence-corrected chi connectivity index (χ3v) is 8.85. The fourth-order valence-corrected chi connectivity index (χ4v) is 6.93. The molecule has 1 amide bonds. The van der Waals surface area contributed by atoms with Gasteiger partial charge in [-0.1, -0.05) is 37.3 Å². The van der Waals surface area contributed by atoms with E-state index in [1.54, 1.807) is 33.6 Å². The van der Waals surface area contributed by atoms with Crippen LogP contribution in [0.15, 0.2) is 64.4 Å². The zero-order valence-electron chi connectivity index (χ0n) is 22.0. The van der Waals surface area contributed by atoms with Gasteiger partial charge in [-0.05, 0) is 42.0 Å². The summed E-state index contributed by atoms with van der Waals surface area (Å²) in [5.74, 6) is -0.0451. The van der Waals surface area contributed by atoms with Crippen LogP contribution < -0.4 is 15.2 Å². The van der Waals surface area contributed by atoms with Gasteiger partial charge in [0.1, 0.15) is 18.0 Å². The summed E-state index contributed by atoms with van der Waals surface area (Å²) in [5.41, 5.74) is 1.77. The molecule has 0 N–H and O–H groups in total. The second-order valence-corrected chi connectivity index (χ2v) is 11.1. The number of hydrogen-bond donors (Lipinski definition) is 0. The lowest BCUT2D eigenvalue weighted by Gasteiger charge is -2.53. The summed E-state index contributed by atoms with van der Waals surface area (Å²) in [5, 5.41) is 2.01. The van der Waals surface area contributed by atoms with Crippen LogP contribution in [0.3, 0.4) is 0 Å². The first-order chi connectivity index (χ1) is 19.4. The quantitative estimate of drug-likeness (QED) is 0.334. The Morgan fingerprint density at radius 3 is 2.77 bits per heavy atom. The van der Waals surface area contributed by atoms with E-state index in [-0.39, 0.29) is 23.2 Å². The molecule has 1 aromatic heterocycles. The third-order valence-electron chi connectivity index (χ3n) is 7.71. The Morgan fingerprint density at radius 2 is 1.95 bits per heavy atom. The number of nitrogens with zero attached hydrogens (tertiary/aromatic N) is 3. The van der Waals surface area contributed by atoms with E-state index in [0.717, 1.165) is 29.6 Å². The smallest absolute Gasteiger partial charge is 0.451 e. The number of fused-ring (bicyclic) bond motifs is 4.